The standard InChI is InChI=1S/C31H26N4O4S2/c1-3-39-25(36)18-22-26(28(37)35(32-22)21-14-8-5-9-15-21)30-34(19-20-12-6-4-7-13-20)29(38)27(41-30)31-33(2)23-16-10-11-17-24(23)40-31/h4-17H,3,18-19H2,1-2H3/b30-26+,31-27-. The van der Waals surface area contributed by atoms with E-state index in [1.807, 2.05) is 84.7 Å². The third-order valence-corrected chi connectivity index (χ3v) is 9.30. The van der Waals surface area contributed by atoms with E-state index in [1.54, 1.807) is 23.6 Å². The van der Waals surface area contributed by atoms with Crippen LogP contribution in [0.25, 0.3) is 10.6 Å². The number of para-hydroxylation sites is 2. The molecule has 0 spiro atoms. The molecule has 0 N–H and O–H groups in total. The Morgan fingerprint density at radius 1 is 0.927 bits per heavy atom. The molecule has 0 saturated heterocycles. The number of carbonyl (C=O) groups excluding carboxylic acids is 2. The lowest BCUT2D eigenvalue weighted by molar-refractivity contribution is -0.141. The topological polar surface area (TPSA) is 84.2 Å². The maximum absolute atomic E-state index is 14.2. The molecule has 0 radical (unpaired) electrons. The number of hydrazone groups is 1. The molecular weight excluding hydrogens is 556 g/mol. The first kappa shape index (κ1) is 26.8. The van der Waals surface area contributed by atoms with Crippen molar-refractivity contribution in [2.75, 3.05) is 23.6 Å². The number of esters is 1. The Morgan fingerprint density at radius 2 is 1.61 bits per heavy atom. The molecule has 2 aliphatic heterocycles. The summed E-state index contributed by atoms with van der Waals surface area (Å²) in [6.07, 6.45) is -0.193. The van der Waals surface area contributed by atoms with Crippen molar-refractivity contribution >= 4 is 62.7 Å². The van der Waals surface area contributed by atoms with E-state index in [1.165, 1.54) is 28.1 Å². The van der Waals surface area contributed by atoms with Crippen molar-refractivity contribution in [1.82, 2.24) is 4.57 Å². The van der Waals surface area contributed by atoms with Gasteiger partial charge in [0.15, 0.2) is 0 Å². The largest absolute Gasteiger partial charge is 0.466 e. The fourth-order valence-corrected chi connectivity index (χ4v) is 7.33. The number of benzene rings is 3. The van der Waals surface area contributed by atoms with Gasteiger partial charge in [0, 0.05) is 11.9 Å². The number of hydrogen-bond acceptors (Lipinski definition) is 8. The number of thiazole rings is 1. The van der Waals surface area contributed by atoms with Gasteiger partial charge in [-0.05, 0) is 36.8 Å². The molecule has 1 amide bonds. The van der Waals surface area contributed by atoms with Crippen LogP contribution in [0.3, 0.4) is 0 Å². The minimum atomic E-state index is -0.490. The van der Waals surface area contributed by atoms with Gasteiger partial charge in [0.1, 0.15) is 14.2 Å². The predicted octanol–water partition coefficient (Wildman–Crippen LogP) is 3.77. The summed E-state index contributed by atoms with van der Waals surface area (Å²) in [4.78, 5) is 43.9. The highest BCUT2D eigenvalue weighted by molar-refractivity contribution is 8.08. The monoisotopic (exact) mass is 582 g/mol. The van der Waals surface area contributed by atoms with Gasteiger partial charge >= 0.3 is 5.97 Å². The lowest BCUT2D eigenvalue weighted by Gasteiger charge is -2.11. The van der Waals surface area contributed by atoms with E-state index < -0.39 is 11.9 Å². The first-order valence-corrected chi connectivity index (χ1v) is 14.7. The van der Waals surface area contributed by atoms with E-state index in [0.717, 1.165) is 21.2 Å². The first-order valence-electron chi connectivity index (χ1n) is 13.1. The second-order valence-electron chi connectivity index (χ2n) is 9.40. The van der Waals surface area contributed by atoms with Crippen LogP contribution in [0.15, 0.2) is 99.7 Å². The predicted molar refractivity (Wildman–Crippen MR) is 164 cm³/mol. The second kappa shape index (κ2) is 11.2. The van der Waals surface area contributed by atoms with Crippen molar-refractivity contribution in [3.05, 3.63) is 110 Å². The number of hydrogen-bond donors (Lipinski definition) is 0. The maximum Gasteiger partial charge on any atom is 0.311 e. The molecule has 41 heavy (non-hydrogen) atoms. The lowest BCUT2D eigenvalue weighted by atomic mass is 10.1. The van der Waals surface area contributed by atoms with E-state index in [9.17, 15) is 14.4 Å². The molecule has 0 saturated carbocycles. The summed E-state index contributed by atoms with van der Waals surface area (Å²) < 4.78 is 7.81. The van der Waals surface area contributed by atoms with Crippen LogP contribution in [-0.2, 0) is 20.9 Å². The molecule has 0 fully saturated rings. The van der Waals surface area contributed by atoms with Crippen molar-refractivity contribution in [3.63, 3.8) is 0 Å². The normalized spacial score (nSPS) is 17.1. The van der Waals surface area contributed by atoms with Gasteiger partial charge in [-0.1, -0.05) is 72.4 Å². The molecule has 4 aromatic rings. The minimum Gasteiger partial charge on any atom is -0.466 e. The number of anilines is 2. The van der Waals surface area contributed by atoms with Crippen LogP contribution < -0.4 is 24.7 Å². The summed E-state index contributed by atoms with van der Waals surface area (Å²) in [5, 5.41) is 6.67. The smallest absolute Gasteiger partial charge is 0.311 e. The van der Waals surface area contributed by atoms with E-state index >= 15 is 0 Å². The summed E-state index contributed by atoms with van der Waals surface area (Å²) in [7, 11) is 1.94. The zero-order chi connectivity index (χ0) is 28.5. The maximum atomic E-state index is 14.2. The van der Waals surface area contributed by atoms with Crippen molar-refractivity contribution in [2.45, 2.75) is 24.8 Å². The number of amides is 1. The van der Waals surface area contributed by atoms with Crippen LogP contribution in [0.1, 0.15) is 18.9 Å². The number of thioether (sulfide) groups is 1. The zero-order valence-corrected chi connectivity index (χ0v) is 24.1. The first-order chi connectivity index (χ1) is 20.0. The summed E-state index contributed by atoms with van der Waals surface area (Å²) >= 11 is 2.78. The molecule has 10 heteroatoms. The number of carbonyl (C=O) groups is 2. The minimum absolute atomic E-state index is 0.193. The van der Waals surface area contributed by atoms with Crippen LogP contribution in [-0.4, -0.2) is 35.8 Å². The lowest BCUT2D eigenvalue weighted by Crippen LogP contribution is -2.36. The summed E-state index contributed by atoms with van der Waals surface area (Å²) in [5.74, 6) is -0.887. The molecule has 2 aliphatic rings. The Labute approximate surface area is 244 Å². The van der Waals surface area contributed by atoms with Gasteiger partial charge < -0.3 is 9.64 Å². The molecule has 0 bridgehead atoms. The number of ether oxygens (including phenoxy) is 1. The van der Waals surface area contributed by atoms with Crippen LogP contribution in [0, 0.1) is 0 Å². The van der Waals surface area contributed by atoms with Gasteiger partial charge in [-0.25, -0.2) is 0 Å². The molecule has 6 rings (SSSR count). The molecule has 8 nitrogen and oxygen atoms in total. The number of rotatable bonds is 6. The Morgan fingerprint density at radius 3 is 2.32 bits per heavy atom. The third kappa shape index (κ3) is 5.00. The van der Waals surface area contributed by atoms with E-state index in [-0.39, 0.29) is 36.4 Å². The van der Waals surface area contributed by atoms with Crippen LogP contribution >= 0.6 is 23.1 Å². The highest BCUT2D eigenvalue weighted by Gasteiger charge is 2.35. The molecule has 206 valence electrons. The van der Waals surface area contributed by atoms with E-state index in [2.05, 4.69) is 5.10 Å². The highest BCUT2D eigenvalue weighted by atomic mass is 32.2. The molecule has 3 heterocycles. The SMILES string of the molecule is CCOC(=O)CC1=NN(c2ccccc2)C(=O)/C1=c1/s/c(=C2\Sc3ccccc3N2C)c(=O)n1Cc1ccccc1. The fourth-order valence-electron chi connectivity index (χ4n) is 4.82. The molecule has 0 unspecified atom stereocenters. The highest BCUT2D eigenvalue weighted by Crippen LogP contribution is 2.45. The molecule has 3 aromatic carbocycles. The Hall–Kier alpha value is -4.41. The molecule has 1 aromatic heterocycles. The van der Waals surface area contributed by atoms with Gasteiger partial charge in [-0.2, -0.15) is 10.1 Å². The van der Waals surface area contributed by atoms with E-state index in [4.69, 9.17) is 4.74 Å². The van der Waals surface area contributed by atoms with Gasteiger partial charge in [0.05, 0.1) is 42.2 Å². The third-order valence-electron chi connectivity index (χ3n) is 6.75. The number of aromatic nitrogens is 1. The molecular formula is C31H26N4O4S2. The van der Waals surface area contributed by atoms with Crippen LogP contribution in [0.5, 0.6) is 0 Å². The summed E-state index contributed by atoms with van der Waals surface area (Å²) in [5.41, 5.74) is 2.79. The Bertz CT molecular complexity index is 1860. The van der Waals surface area contributed by atoms with Crippen molar-refractivity contribution in [1.29, 1.82) is 0 Å². The van der Waals surface area contributed by atoms with Gasteiger partial charge in [0.2, 0.25) is 0 Å². The molecule has 0 atom stereocenters. The van der Waals surface area contributed by atoms with Crippen LogP contribution in [0.2, 0.25) is 0 Å². The van der Waals surface area contributed by atoms with Gasteiger partial charge in [-0.15, -0.1) is 11.3 Å². The quantitative estimate of drug-likeness (QED) is 0.322. The van der Waals surface area contributed by atoms with Gasteiger partial charge in [0.25, 0.3) is 11.5 Å². The summed E-state index contributed by atoms with van der Waals surface area (Å²) in [6, 6.07) is 26.7. The Balaban J connectivity index is 1.61. The fraction of sp³-hybridized carbons (Fsp3) is 0.161. The average Bonchev–Trinajstić information content (AvgIpc) is 3.60. The molecule has 0 aliphatic carbocycles. The van der Waals surface area contributed by atoms with Crippen LogP contribution in [0.4, 0.5) is 11.4 Å². The van der Waals surface area contributed by atoms with Crippen molar-refractivity contribution in [3.8, 4) is 0 Å². The van der Waals surface area contributed by atoms with Crippen molar-refractivity contribution in [2.24, 2.45) is 5.10 Å². The zero-order valence-electron chi connectivity index (χ0n) is 22.4. The van der Waals surface area contributed by atoms with Gasteiger partial charge in [-0.3, -0.25) is 19.0 Å². The second-order valence-corrected chi connectivity index (χ2v) is 11.4. The Kier molecular flexibility index (Phi) is 7.34. The number of fused-ring (bicyclic) bond motifs is 1. The summed E-state index contributed by atoms with van der Waals surface area (Å²) in [6.45, 7) is 2.20. The average molecular weight is 583 g/mol. The van der Waals surface area contributed by atoms with Crippen molar-refractivity contribution < 1.29 is 14.3 Å². The van der Waals surface area contributed by atoms with E-state index in [0.29, 0.717) is 14.9 Å². The number of nitrogens with zero attached hydrogens (tertiary/aromatic N) is 4.